The Balaban J connectivity index is 1.81. The maximum atomic E-state index is 13.0. The Morgan fingerprint density at radius 1 is 1.33 bits per heavy atom. The second kappa shape index (κ2) is 5.51. The fourth-order valence-electron chi connectivity index (χ4n) is 3.00. The third kappa shape index (κ3) is 3.40. The van der Waals surface area contributed by atoms with Crippen molar-refractivity contribution in [3.63, 3.8) is 0 Å². The standard InChI is InChI=1S/C13H22F2N2O/c1-17(8-10-5-3-2-4-6-10)12(18)11-7-13(14,15)9-16-11/h10-11,16H,2-9H2,1H3. The fraction of sp³-hybridized carbons (Fsp3) is 0.923. The molecule has 0 radical (unpaired) electrons. The van der Waals surface area contributed by atoms with Crippen LogP contribution in [0.2, 0.25) is 0 Å². The predicted molar refractivity (Wildman–Crippen MR) is 65.6 cm³/mol. The number of hydrogen-bond acceptors (Lipinski definition) is 2. The highest BCUT2D eigenvalue weighted by Gasteiger charge is 2.43. The van der Waals surface area contributed by atoms with Crippen molar-refractivity contribution >= 4 is 5.91 Å². The van der Waals surface area contributed by atoms with Crippen molar-refractivity contribution in [1.82, 2.24) is 10.2 Å². The number of alkyl halides is 2. The van der Waals surface area contributed by atoms with Gasteiger partial charge >= 0.3 is 0 Å². The van der Waals surface area contributed by atoms with Crippen molar-refractivity contribution in [3.8, 4) is 0 Å². The molecule has 1 saturated carbocycles. The second-order valence-electron chi connectivity index (χ2n) is 5.72. The third-order valence-electron chi connectivity index (χ3n) is 4.04. The predicted octanol–water partition coefficient (Wildman–Crippen LogP) is 2.02. The molecule has 0 aromatic rings. The number of nitrogens with one attached hydrogen (secondary N) is 1. The van der Waals surface area contributed by atoms with Gasteiger partial charge in [-0.3, -0.25) is 10.1 Å². The van der Waals surface area contributed by atoms with Gasteiger partial charge in [0, 0.05) is 20.0 Å². The van der Waals surface area contributed by atoms with Gasteiger partial charge in [0.2, 0.25) is 5.91 Å². The van der Waals surface area contributed by atoms with E-state index in [1.165, 1.54) is 19.3 Å². The first kappa shape index (κ1) is 13.7. The smallest absolute Gasteiger partial charge is 0.262 e. The van der Waals surface area contributed by atoms with E-state index in [1.54, 1.807) is 11.9 Å². The van der Waals surface area contributed by atoms with Crippen LogP contribution < -0.4 is 5.32 Å². The zero-order valence-corrected chi connectivity index (χ0v) is 10.9. The first-order valence-electron chi connectivity index (χ1n) is 6.84. The first-order valence-corrected chi connectivity index (χ1v) is 6.84. The highest BCUT2D eigenvalue weighted by molar-refractivity contribution is 5.82. The average molecular weight is 260 g/mol. The van der Waals surface area contributed by atoms with Gasteiger partial charge in [-0.15, -0.1) is 0 Å². The largest absolute Gasteiger partial charge is 0.344 e. The van der Waals surface area contributed by atoms with Crippen molar-refractivity contribution < 1.29 is 13.6 Å². The number of halogens is 2. The summed E-state index contributed by atoms with van der Waals surface area (Å²) in [5.74, 6) is -2.36. The van der Waals surface area contributed by atoms with Gasteiger partial charge in [-0.05, 0) is 18.8 Å². The van der Waals surface area contributed by atoms with E-state index in [-0.39, 0.29) is 18.9 Å². The molecule has 104 valence electrons. The van der Waals surface area contributed by atoms with Crippen LogP contribution in [0.3, 0.4) is 0 Å². The van der Waals surface area contributed by atoms with Crippen molar-refractivity contribution in [2.75, 3.05) is 20.1 Å². The van der Waals surface area contributed by atoms with Crippen molar-refractivity contribution in [1.29, 1.82) is 0 Å². The number of carbonyl (C=O) groups is 1. The molecule has 2 fully saturated rings. The average Bonchev–Trinajstić information content (AvgIpc) is 2.70. The molecule has 1 aliphatic heterocycles. The van der Waals surface area contributed by atoms with Crippen molar-refractivity contribution in [2.45, 2.75) is 50.5 Å². The van der Waals surface area contributed by atoms with Gasteiger partial charge in [-0.2, -0.15) is 0 Å². The van der Waals surface area contributed by atoms with Gasteiger partial charge in [0.05, 0.1) is 12.6 Å². The van der Waals surface area contributed by atoms with Crippen LogP contribution in [0, 0.1) is 5.92 Å². The topological polar surface area (TPSA) is 32.3 Å². The number of rotatable bonds is 3. The Labute approximate surface area is 107 Å². The van der Waals surface area contributed by atoms with E-state index in [4.69, 9.17) is 0 Å². The Hall–Kier alpha value is -0.710. The maximum Gasteiger partial charge on any atom is 0.262 e. The highest BCUT2D eigenvalue weighted by atomic mass is 19.3. The normalized spacial score (nSPS) is 28.3. The van der Waals surface area contributed by atoms with Crippen LogP contribution in [0.15, 0.2) is 0 Å². The molecular formula is C13H22F2N2O. The molecule has 1 amide bonds. The molecule has 1 heterocycles. The molecule has 1 N–H and O–H groups in total. The van der Waals surface area contributed by atoms with Crippen LogP contribution in [0.4, 0.5) is 8.78 Å². The van der Waals surface area contributed by atoms with Gasteiger partial charge in [0.15, 0.2) is 0 Å². The van der Waals surface area contributed by atoms with E-state index in [1.807, 2.05) is 0 Å². The van der Waals surface area contributed by atoms with Crippen LogP contribution >= 0.6 is 0 Å². The van der Waals surface area contributed by atoms with Crippen LogP contribution in [-0.4, -0.2) is 42.9 Å². The zero-order valence-electron chi connectivity index (χ0n) is 10.9. The molecule has 2 rings (SSSR count). The molecule has 0 aromatic heterocycles. The lowest BCUT2D eigenvalue weighted by Gasteiger charge is -2.28. The second-order valence-corrected chi connectivity index (χ2v) is 5.72. The summed E-state index contributed by atoms with van der Waals surface area (Å²) in [5, 5.41) is 2.62. The lowest BCUT2D eigenvalue weighted by molar-refractivity contribution is -0.133. The molecule has 0 bridgehead atoms. The Morgan fingerprint density at radius 3 is 2.56 bits per heavy atom. The monoisotopic (exact) mass is 260 g/mol. The summed E-state index contributed by atoms with van der Waals surface area (Å²) < 4.78 is 26.1. The molecule has 5 heteroatoms. The van der Waals surface area contributed by atoms with Crippen LogP contribution in [0.5, 0.6) is 0 Å². The Morgan fingerprint density at radius 2 is 2.00 bits per heavy atom. The summed E-state index contributed by atoms with van der Waals surface area (Å²) in [6.07, 6.45) is 5.70. The Kier molecular flexibility index (Phi) is 4.20. The number of likely N-dealkylation sites (N-methyl/N-ethyl adjacent to an activating group) is 1. The number of carbonyl (C=O) groups excluding carboxylic acids is 1. The molecular weight excluding hydrogens is 238 g/mol. The molecule has 1 unspecified atom stereocenters. The lowest BCUT2D eigenvalue weighted by Crippen LogP contribution is -2.43. The van der Waals surface area contributed by atoms with E-state index in [0.717, 1.165) is 12.8 Å². The minimum absolute atomic E-state index is 0.183. The number of amides is 1. The minimum Gasteiger partial charge on any atom is -0.344 e. The van der Waals surface area contributed by atoms with E-state index in [9.17, 15) is 13.6 Å². The lowest BCUT2D eigenvalue weighted by atomic mass is 9.89. The summed E-state index contributed by atoms with van der Waals surface area (Å²) in [7, 11) is 1.73. The third-order valence-corrected chi connectivity index (χ3v) is 4.04. The maximum absolute atomic E-state index is 13.0. The minimum atomic E-state index is -2.73. The van der Waals surface area contributed by atoms with Gasteiger partial charge in [0.25, 0.3) is 5.92 Å². The van der Waals surface area contributed by atoms with Crippen LogP contribution in [-0.2, 0) is 4.79 Å². The summed E-state index contributed by atoms with van der Waals surface area (Å²) >= 11 is 0. The van der Waals surface area contributed by atoms with E-state index >= 15 is 0 Å². The molecule has 1 saturated heterocycles. The van der Waals surface area contributed by atoms with Crippen LogP contribution in [0.1, 0.15) is 38.5 Å². The van der Waals surface area contributed by atoms with Gasteiger partial charge in [-0.25, -0.2) is 8.78 Å². The first-order chi connectivity index (χ1) is 8.48. The number of hydrogen-bond donors (Lipinski definition) is 1. The fourth-order valence-corrected chi connectivity index (χ4v) is 3.00. The van der Waals surface area contributed by atoms with Crippen molar-refractivity contribution in [2.24, 2.45) is 5.92 Å². The highest BCUT2D eigenvalue weighted by Crippen LogP contribution is 2.27. The molecule has 0 aromatic carbocycles. The Bertz CT molecular complexity index is 303. The summed E-state index contributed by atoms with van der Waals surface area (Å²) in [5.41, 5.74) is 0. The van der Waals surface area contributed by atoms with Gasteiger partial charge in [0.1, 0.15) is 0 Å². The molecule has 3 nitrogen and oxygen atoms in total. The van der Waals surface area contributed by atoms with Gasteiger partial charge < -0.3 is 4.90 Å². The number of nitrogens with zero attached hydrogens (tertiary/aromatic N) is 1. The summed E-state index contributed by atoms with van der Waals surface area (Å²) in [4.78, 5) is 13.7. The van der Waals surface area contributed by atoms with Crippen LogP contribution in [0.25, 0.3) is 0 Å². The van der Waals surface area contributed by atoms with Crippen molar-refractivity contribution in [3.05, 3.63) is 0 Å². The van der Waals surface area contributed by atoms with E-state index < -0.39 is 12.0 Å². The van der Waals surface area contributed by atoms with Gasteiger partial charge in [-0.1, -0.05) is 19.3 Å². The SMILES string of the molecule is CN(CC1CCCCC1)C(=O)C1CC(F)(F)CN1. The molecule has 1 atom stereocenters. The molecule has 18 heavy (non-hydrogen) atoms. The quantitative estimate of drug-likeness (QED) is 0.842. The van der Waals surface area contributed by atoms with E-state index in [2.05, 4.69) is 5.32 Å². The summed E-state index contributed by atoms with van der Waals surface area (Å²) in [6, 6.07) is -0.700. The molecule has 1 aliphatic carbocycles. The van der Waals surface area contributed by atoms with E-state index in [0.29, 0.717) is 12.5 Å². The molecule has 2 aliphatic rings. The summed E-state index contributed by atoms with van der Waals surface area (Å²) in [6.45, 7) is 0.337. The molecule has 0 spiro atoms. The zero-order chi connectivity index (χ0) is 13.2.